The Bertz CT molecular complexity index is 1010. The highest BCUT2D eigenvalue weighted by Crippen LogP contribution is 2.41. The average Bonchev–Trinajstić information content (AvgIpc) is 2.79. The SMILES string of the molecule is CCC(CC)(c1ccc(CCC(O)C(C)(C)C)c(C)c1)c1ccc(O[C@H](CC(C)O)C(=O)O)c(C)c1. The summed E-state index contributed by atoms with van der Waals surface area (Å²) in [5.74, 6) is -0.557. The molecule has 0 aliphatic carbocycles. The van der Waals surface area contributed by atoms with E-state index in [1.165, 1.54) is 22.3 Å². The van der Waals surface area contributed by atoms with Crippen LogP contribution in [0, 0.1) is 19.3 Å². The van der Waals surface area contributed by atoms with Crippen LogP contribution in [0.5, 0.6) is 5.75 Å². The van der Waals surface area contributed by atoms with Gasteiger partial charge in [-0.15, -0.1) is 0 Å². The van der Waals surface area contributed by atoms with Crippen LogP contribution in [0.1, 0.15) is 95.0 Å². The fraction of sp³-hybridized carbons (Fsp3) is 0.581. The number of hydrogen-bond donors (Lipinski definition) is 3. The number of aliphatic hydroxyl groups excluding tert-OH is 2. The first-order valence-electron chi connectivity index (χ1n) is 13.2. The fourth-order valence-corrected chi connectivity index (χ4v) is 4.97. The van der Waals surface area contributed by atoms with E-state index < -0.39 is 18.2 Å². The molecule has 2 aromatic carbocycles. The molecule has 0 saturated heterocycles. The van der Waals surface area contributed by atoms with E-state index in [0.717, 1.165) is 31.2 Å². The first-order chi connectivity index (χ1) is 16.7. The predicted molar refractivity (Wildman–Crippen MR) is 146 cm³/mol. The first kappa shape index (κ1) is 29.9. The maximum absolute atomic E-state index is 11.6. The summed E-state index contributed by atoms with van der Waals surface area (Å²) in [5, 5.41) is 29.6. The highest BCUT2D eigenvalue weighted by atomic mass is 16.5. The average molecular weight is 499 g/mol. The Morgan fingerprint density at radius 3 is 1.94 bits per heavy atom. The molecule has 36 heavy (non-hydrogen) atoms. The normalized spacial score (nSPS) is 14.8. The summed E-state index contributed by atoms with van der Waals surface area (Å²) in [5.41, 5.74) is 5.51. The number of carbonyl (C=O) groups is 1. The largest absolute Gasteiger partial charge is 0.479 e. The molecule has 0 aromatic heterocycles. The number of carboxylic acids is 1. The molecule has 0 aliphatic rings. The standard InChI is InChI=1S/C31H46O5/c1-9-31(10-2,24-13-11-23(20(3)17-24)12-16-28(33)30(6,7)8)25-14-15-26(21(4)18-25)36-27(29(34)35)19-22(5)32/h11,13-15,17-18,22,27-28,32-33H,9-10,12,16,19H2,1-8H3,(H,34,35)/t22?,27-,28?/m1/s1. The van der Waals surface area contributed by atoms with Crippen molar-refractivity contribution in [1.82, 2.24) is 0 Å². The summed E-state index contributed by atoms with van der Waals surface area (Å²) >= 11 is 0. The van der Waals surface area contributed by atoms with E-state index in [1.54, 1.807) is 6.92 Å². The highest BCUT2D eigenvalue weighted by Gasteiger charge is 2.32. The molecule has 2 rings (SSSR count). The van der Waals surface area contributed by atoms with Gasteiger partial charge in [0.2, 0.25) is 0 Å². The fourth-order valence-electron chi connectivity index (χ4n) is 4.97. The lowest BCUT2D eigenvalue weighted by Gasteiger charge is -2.34. The summed E-state index contributed by atoms with van der Waals surface area (Å²) in [6, 6.07) is 12.7. The van der Waals surface area contributed by atoms with Crippen LogP contribution < -0.4 is 4.74 Å². The number of ether oxygens (including phenoxy) is 1. The number of benzene rings is 2. The lowest BCUT2D eigenvalue weighted by Crippen LogP contribution is -2.31. The molecule has 0 radical (unpaired) electrons. The smallest absolute Gasteiger partial charge is 0.344 e. The zero-order valence-corrected chi connectivity index (χ0v) is 23.4. The zero-order chi connectivity index (χ0) is 27.3. The van der Waals surface area contributed by atoms with Crippen LogP contribution >= 0.6 is 0 Å². The number of aliphatic hydroxyl groups is 2. The van der Waals surface area contributed by atoms with E-state index >= 15 is 0 Å². The van der Waals surface area contributed by atoms with E-state index in [2.05, 4.69) is 65.8 Å². The molecule has 0 heterocycles. The monoisotopic (exact) mass is 498 g/mol. The maximum Gasteiger partial charge on any atom is 0.344 e. The van der Waals surface area contributed by atoms with Crippen molar-refractivity contribution in [2.75, 3.05) is 0 Å². The molecular formula is C31H46O5. The molecule has 5 heteroatoms. The van der Waals surface area contributed by atoms with Crippen LogP contribution in [0.3, 0.4) is 0 Å². The van der Waals surface area contributed by atoms with Crippen molar-refractivity contribution in [2.24, 2.45) is 5.41 Å². The summed E-state index contributed by atoms with van der Waals surface area (Å²) < 4.78 is 5.78. The highest BCUT2D eigenvalue weighted by molar-refractivity contribution is 5.73. The molecule has 3 N–H and O–H groups in total. The van der Waals surface area contributed by atoms with Gasteiger partial charge in [0.05, 0.1) is 12.2 Å². The molecular weight excluding hydrogens is 452 g/mol. The van der Waals surface area contributed by atoms with Crippen LogP contribution in [0.15, 0.2) is 36.4 Å². The molecule has 0 spiro atoms. The van der Waals surface area contributed by atoms with Crippen molar-refractivity contribution >= 4 is 5.97 Å². The van der Waals surface area contributed by atoms with Gasteiger partial charge in [0.25, 0.3) is 0 Å². The Labute approximate surface area is 217 Å². The Balaban J connectivity index is 2.36. The Morgan fingerprint density at radius 2 is 1.50 bits per heavy atom. The van der Waals surface area contributed by atoms with Gasteiger partial charge in [0.1, 0.15) is 5.75 Å². The van der Waals surface area contributed by atoms with Crippen molar-refractivity contribution < 1.29 is 24.9 Å². The quantitative estimate of drug-likeness (QED) is 0.317. The van der Waals surface area contributed by atoms with Gasteiger partial charge in [-0.2, -0.15) is 0 Å². The Hall–Kier alpha value is -2.37. The van der Waals surface area contributed by atoms with Gasteiger partial charge in [-0.05, 0) is 85.8 Å². The number of aliphatic carboxylic acids is 1. The molecule has 3 atom stereocenters. The lowest BCUT2D eigenvalue weighted by atomic mass is 9.69. The van der Waals surface area contributed by atoms with Crippen molar-refractivity contribution in [3.05, 3.63) is 64.2 Å². The summed E-state index contributed by atoms with van der Waals surface area (Å²) in [6.07, 6.45) is 1.26. The van der Waals surface area contributed by atoms with Gasteiger partial charge >= 0.3 is 5.97 Å². The van der Waals surface area contributed by atoms with Crippen LogP contribution in [0.25, 0.3) is 0 Å². The van der Waals surface area contributed by atoms with Crippen molar-refractivity contribution in [2.45, 2.75) is 111 Å². The van der Waals surface area contributed by atoms with Gasteiger partial charge < -0.3 is 20.1 Å². The Kier molecular flexibility index (Phi) is 10.2. The van der Waals surface area contributed by atoms with E-state index in [1.807, 2.05) is 19.1 Å². The molecule has 0 bridgehead atoms. The molecule has 0 amide bonds. The molecule has 2 aromatic rings. The lowest BCUT2D eigenvalue weighted by molar-refractivity contribution is -0.146. The predicted octanol–water partition coefficient (Wildman–Crippen LogP) is 6.35. The number of rotatable bonds is 12. The summed E-state index contributed by atoms with van der Waals surface area (Å²) in [6.45, 7) is 16.3. The second kappa shape index (κ2) is 12.2. The van der Waals surface area contributed by atoms with Gasteiger partial charge in [0.15, 0.2) is 6.10 Å². The van der Waals surface area contributed by atoms with E-state index in [9.17, 15) is 20.1 Å². The number of hydrogen-bond acceptors (Lipinski definition) is 4. The van der Waals surface area contributed by atoms with Gasteiger partial charge in [0, 0.05) is 11.8 Å². The third kappa shape index (κ3) is 7.10. The third-order valence-electron chi connectivity index (χ3n) is 7.62. The molecule has 0 fully saturated rings. The van der Waals surface area contributed by atoms with Crippen molar-refractivity contribution in [3.8, 4) is 5.75 Å². The minimum atomic E-state index is -1.09. The van der Waals surface area contributed by atoms with Gasteiger partial charge in [-0.25, -0.2) is 4.79 Å². The minimum absolute atomic E-state index is 0.0305. The topological polar surface area (TPSA) is 87.0 Å². The molecule has 200 valence electrons. The van der Waals surface area contributed by atoms with Crippen LogP contribution in [0.2, 0.25) is 0 Å². The number of carboxylic acid groups (broad SMARTS) is 1. The number of aryl methyl sites for hydroxylation is 3. The molecule has 0 aliphatic heterocycles. The minimum Gasteiger partial charge on any atom is -0.479 e. The van der Waals surface area contributed by atoms with Crippen LogP contribution in [-0.2, 0) is 16.6 Å². The van der Waals surface area contributed by atoms with Gasteiger partial charge in [-0.3, -0.25) is 0 Å². The zero-order valence-electron chi connectivity index (χ0n) is 23.4. The molecule has 5 nitrogen and oxygen atoms in total. The summed E-state index contributed by atoms with van der Waals surface area (Å²) in [7, 11) is 0. The second-order valence-electron chi connectivity index (χ2n) is 11.4. The maximum atomic E-state index is 11.6. The Morgan fingerprint density at radius 1 is 0.944 bits per heavy atom. The van der Waals surface area contributed by atoms with Gasteiger partial charge in [-0.1, -0.05) is 65.0 Å². The van der Waals surface area contributed by atoms with Crippen molar-refractivity contribution in [1.29, 1.82) is 0 Å². The first-order valence-corrected chi connectivity index (χ1v) is 13.2. The van der Waals surface area contributed by atoms with Crippen LogP contribution in [0.4, 0.5) is 0 Å². The summed E-state index contributed by atoms with van der Waals surface area (Å²) in [4.78, 5) is 11.6. The van der Waals surface area contributed by atoms with Crippen molar-refractivity contribution in [3.63, 3.8) is 0 Å². The van der Waals surface area contributed by atoms with E-state index in [4.69, 9.17) is 4.74 Å². The van der Waals surface area contributed by atoms with E-state index in [0.29, 0.717) is 5.75 Å². The van der Waals surface area contributed by atoms with E-state index in [-0.39, 0.29) is 23.4 Å². The molecule has 2 unspecified atom stereocenters. The van der Waals surface area contributed by atoms with Crippen LogP contribution in [-0.4, -0.2) is 39.6 Å². The second-order valence-corrected chi connectivity index (χ2v) is 11.4. The third-order valence-corrected chi connectivity index (χ3v) is 7.62. The molecule has 0 saturated carbocycles.